The normalized spacial score (nSPS) is 11.4. The Hall–Kier alpha value is -6.48. The average molecular weight is 701 g/mol. The lowest BCUT2D eigenvalue weighted by Gasteiger charge is -2.36. The lowest BCUT2D eigenvalue weighted by Crippen LogP contribution is -2.39. The third-order valence-corrected chi connectivity index (χ3v) is 9.46. The Kier molecular flexibility index (Phi) is 10.2. The second kappa shape index (κ2) is 15.4. The molecule has 2 aromatic heterocycles. The number of hydrogen-bond donors (Lipinski definition) is 0. The molecule has 0 N–H and O–H groups in total. The molecule has 2 heterocycles. The molecule has 0 aliphatic carbocycles. The van der Waals surface area contributed by atoms with E-state index in [0.29, 0.717) is 24.6 Å². The first kappa shape index (κ1) is 34.9. The molecule has 5 aromatic carbocycles. The number of carbonyl (C=O) groups is 2. The van der Waals surface area contributed by atoms with Crippen molar-refractivity contribution in [3.63, 3.8) is 0 Å². The Morgan fingerprint density at radius 1 is 0.698 bits per heavy atom. The summed E-state index contributed by atoms with van der Waals surface area (Å²) in [6, 6.07) is 47.4. The minimum Gasteiger partial charge on any atom is -0.461 e. The van der Waals surface area contributed by atoms with Crippen molar-refractivity contribution in [3.8, 4) is 22.5 Å². The molecule has 0 radical (unpaired) electrons. The average Bonchev–Trinajstić information content (AvgIpc) is 3.83. The summed E-state index contributed by atoms with van der Waals surface area (Å²) in [4.78, 5) is 30.2. The van der Waals surface area contributed by atoms with E-state index in [1.54, 1.807) is 6.92 Å². The van der Waals surface area contributed by atoms with Crippen LogP contribution >= 0.6 is 0 Å². The minimum atomic E-state index is -0.891. The highest BCUT2D eigenvalue weighted by Crippen LogP contribution is 2.43. The SMILES string of the molecule is CCCc1nc(C(=O)OCC)c(C(C)=O)n1Cc1ccc(-c2ccccc2-c2nnnn2C(c2ccccc2)(c2ccccc2)c2ccccc2)cc1. The Morgan fingerprint density at radius 3 is 1.77 bits per heavy atom. The summed E-state index contributed by atoms with van der Waals surface area (Å²) in [5.74, 6) is 0.477. The number of aryl methyl sites for hydroxylation is 1. The predicted octanol–water partition coefficient (Wildman–Crippen LogP) is 8.42. The molecule has 0 saturated carbocycles. The number of hydrogen-bond acceptors (Lipinski definition) is 7. The summed E-state index contributed by atoms with van der Waals surface area (Å²) < 4.78 is 9.04. The van der Waals surface area contributed by atoms with Crippen molar-refractivity contribution in [2.24, 2.45) is 0 Å². The number of esters is 1. The van der Waals surface area contributed by atoms with Gasteiger partial charge in [-0.15, -0.1) is 5.10 Å². The molecule has 0 bridgehead atoms. The van der Waals surface area contributed by atoms with Gasteiger partial charge in [0.05, 0.1) is 6.61 Å². The molecule has 9 heteroatoms. The maximum Gasteiger partial charge on any atom is 0.359 e. The zero-order valence-corrected chi connectivity index (χ0v) is 30.0. The molecule has 7 rings (SSSR count). The topological polar surface area (TPSA) is 105 Å². The van der Waals surface area contributed by atoms with Crippen LogP contribution in [-0.2, 0) is 23.2 Å². The van der Waals surface area contributed by atoms with Crippen LogP contribution in [0.25, 0.3) is 22.5 Å². The number of rotatable bonds is 13. The number of tetrazole rings is 1. The van der Waals surface area contributed by atoms with Crippen LogP contribution in [0.1, 0.15) is 76.2 Å². The standard InChI is InChI=1S/C44H40N6O3/c1-4-17-39-45-40(43(52)53-5-2)41(31(3)51)49(39)30-32-26-28-33(29-27-32)37-24-15-16-25-38(37)42-46-47-48-50(42)44(34-18-9-6-10-19-34,35-20-11-7-12-21-35)36-22-13-8-14-23-36/h6-16,18-29H,4-5,17,30H2,1-3H3. The minimum absolute atomic E-state index is 0.0728. The second-order valence-electron chi connectivity index (χ2n) is 12.8. The summed E-state index contributed by atoms with van der Waals surface area (Å²) >= 11 is 0. The first-order chi connectivity index (χ1) is 26.0. The van der Waals surface area contributed by atoms with Gasteiger partial charge in [0.15, 0.2) is 17.3 Å². The second-order valence-corrected chi connectivity index (χ2v) is 12.8. The van der Waals surface area contributed by atoms with Crippen molar-refractivity contribution in [2.45, 2.75) is 45.7 Å². The number of imidazole rings is 1. The number of Topliss-reactive ketones (excluding diaryl/α,β-unsaturated/α-hetero) is 1. The van der Waals surface area contributed by atoms with E-state index in [9.17, 15) is 9.59 Å². The van der Waals surface area contributed by atoms with Gasteiger partial charge in [-0.2, -0.15) is 0 Å². The van der Waals surface area contributed by atoms with E-state index < -0.39 is 11.5 Å². The van der Waals surface area contributed by atoms with Crippen LogP contribution in [0.15, 0.2) is 140 Å². The van der Waals surface area contributed by atoms with E-state index in [2.05, 4.69) is 70.9 Å². The highest BCUT2D eigenvalue weighted by molar-refractivity contribution is 6.03. The molecule has 0 aliphatic rings. The molecule has 9 nitrogen and oxygen atoms in total. The largest absolute Gasteiger partial charge is 0.461 e. The van der Waals surface area contributed by atoms with Gasteiger partial charge >= 0.3 is 5.97 Å². The number of aromatic nitrogens is 6. The van der Waals surface area contributed by atoms with E-state index >= 15 is 0 Å². The van der Waals surface area contributed by atoms with E-state index in [1.165, 1.54) is 6.92 Å². The fourth-order valence-electron chi connectivity index (χ4n) is 7.17. The molecule has 53 heavy (non-hydrogen) atoms. The Balaban J connectivity index is 1.33. The first-order valence-electron chi connectivity index (χ1n) is 17.9. The fraction of sp³-hybridized carbons (Fsp3) is 0.182. The van der Waals surface area contributed by atoms with Crippen molar-refractivity contribution in [2.75, 3.05) is 6.61 Å². The zero-order chi connectivity index (χ0) is 36.8. The Bertz CT molecular complexity index is 2240. The number of carbonyl (C=O) groups excluding carboxylic acids is 2. The van der Waals surface area contributed by atoms with Gasteiger partial charge in [-0.1, -0.05) is 146 Å². The molecule has 0 spiro atoms. The molecule has 0 saturated heterocycles. The van der Waals surface area contributed by atoms with Gasteiger partial charge in [0.1, 0.15) is 17.1 Å². The molecule has 264 valence electrons. The zero-order valence-electron chi connectivity index (χ0n) is 30.0. The number of ether oxygens (including phenoxy) is 1. The third-order valence-electron chi connectivity index (χ3n) is 9.46. The summed E-state index contributed by atoms with van der Waals surface area (Å²) in [5.41, 5.74) is 6.27. The Morgan fingerprint density at radius 2 is 1.25 bits per heavy atom. The van der Waals surface area contributed by atoms with Crippen molar-refractivity contribution in [1.29, 1.82) is 0 Å². The Labute approximate surface area is 308 Å². The lowest BCUT2D eigenvalue weighted by molar-refractivity contribution is 0.0516. The van der Waals surface area contributed by atoms with E-state index in [0.717, 1.165) is 45.4 Å². The van der Waals surface area contributed by atoms with Crippen LogP contribution in [0, 0.1) is 0 Å². The molecule has 7 aromatic rings. The van der Waals surface area contributed by atoms with Gasteiger partial charge < -0.3 is 9.30 Å². The van der Waals surface area contributed by atoms with Crippen LogP contribution < -0.4 is 0 Å². The number of ketones is 1. The summed E-state index contributed by atoms with van der Waals surface area (Å²) in [6.07, 6.45) is 1.43. The van der Waals surface area contributed by atoms with E-state index in [-0.39, 0.29) is 23.8 Å². The van der Waals surface area contributed by atoms with Crippen LogP contribution in [0.4, 0.5) is 0 Å². The molecule has 0 fully saturated rings. The lowest BCUT2D eigenvalue weighted by atomic mass is 9.77. The molecular formula is C44H40N6O3. The molecule has 0 aliphatic heterocycles. The maximum absolute atomic E-state index is 12.9. The van der Waals surface area contributed by atoms with Gasteiger partial charge in [0, 0.05) is 25.5 Å². The van der Waals surface area contributed by atoms with Crippen LogP contribution in [-0.4, -0.2) is 48.1 Å². The first-order valence-corrected chi connectivity index (χ1v) is 17.9. The van der Waals surface area contributed by atoms with Crippen molar-refractivity contribution < 1.29 is 14.3 Å². The van der Waals surface area contributed by atoms with Crippen molar-refractivity contribution >= 4 is 11.8 Å². The van der Waals surface area contributed by atoms with Crippen LogP contribution in [0.3, 0.4) is 0 Å². The monoisotopic (exact) mass is 700 g/mol. The number of nitrogens with zero attached hydrogens (tertiary/aromatic N) is 6. The fourth-order valence-corrected chi connectivity index (χ4v) is 7.17. The van der Waals surface area contributed by atoms with Gasteiger partial charge in [-0.25, -0.2) is 14.5 Å². The highest BCUT2D eigenvalue weighted by Gasteiger charge is 2.42. The number of benzene rings is 5. The van der Waals surface area contributed by atoms with Crippen molar-refractivity contribution in [1.82, 2.24) is 29.8 Å². The highest BCUT2D eigenvalue weighted by atomic mass is 16.5. The molecule has 0 unspecified atom stereocenters. The smallest absolute Gasteiger partial charge is 0.359 e. The maximum atomic E-state index is 12.9. The quantitative estimate of drug-likeness (QED) is 0.0676. The summed E-state index contributed by atoms with van der Waals surface area (Å²) in [7, 11) is 0. The van der Waals surface area contributed by atoms with Crippen LogP contribution in [0.2, 0.25) is 0 Å². The molecular weight excluding hydrogens is 661 g/mol. The third kappa shape index (κ3) is 6.57. The van der Waals surface area contributed by atoms with Gasteiger partial charge in [0.25, 0.3) is 0 Å². The van der Waals surface area contributed by atoms with Gasteiger partial charge in [0.2, 0.25) is 0 Å². The van der Waals surface area contributed by atoms with Gasteiger partial charge in [-0.05, 0) is 57.2 Å². The molecule has 0 amide bonds. The van der Waals surface area contributed by atoms with Crippen molar-refractivity contribution in [3.05, 3.63) is 179 Å². The summed E-state index contributed by atoms with van der Waals surface area (Å²) in [5, 5.41) is 13.7. The van der Waals surface area contributed by atoms with Gasteiger partial charge in [-0.3, -0.25) is 4.79 Å². The van der Waals surface area contributed by atoms with Crippen LogP contribution in [0.5, 0.6) is 0 Å². The van der Waals surface area contributed by atoms with E-state index in [4.69, 9.17) is 15.0 Å². The predicted molar refractivity (Wildman–Crippen MR) is 205 cm³/mol. The summed E-state index contributed by atoms with van der Waals surface area (Å²) in [6.45, 7) is 5.82. The molecule has 0 atom stereocenters. The van der Waals surface area contributed by atoms with E-state index in [1.807, 2.05) is 95.0 Å².